The highest BCUT2D eigenvalue weighted by molar-refractivity contribution is 6.35. The van der Waals surface area contributed by atoms with Gasteiger partial charge in [-0.15, -0.1) is 0 Å². The van der Waals surface area contributed by atoms with Crippen molar-refractivity contribution in [2.24, 2.45) is 7.05 Å². The number of rotatable bonds is 1. The van der Waals surface area contributed by atoms with Crippen LogP contribution < -0.4 is 0 Å². The zero-order valence-electron chi connectivity index (χ0n) is 6.99. The largest absolute Gasteiger partial charge is 0.298 e. The van der Waals surface area contributed by atoms with Crippen molar-refractivity contribution in [1.82, 2.24) is 9.78 Å². The van der Waals surface area contributed by atoms with Gasteiger partial charge in [-0.05, 0) is 12.1 Å². The smallest absolute Gasteiger partial charge is 0.150 e. The van der Waals surface area contributed by atoms with Crippen molar-refractivity contribution >= 4 is 28.8 Å². The molecule has 0 saturated carbocycles. The lowest BCUT2D eigenvalue weighted by atomic mass is 10.2. The molecule has 0 radical (unpaired) electrons. The first-order valence-electron chi connectivity index (χ1n) is 3.79. The van der Waals surface area contributed by atoms with Crippen molar-refractivity contribution in [2.75, 3.05) is 0 Å². The Kier molecular flexibility index (Phi) is 1.81. The van der Waals surface area contributed by atoms with Gasteiger partial charge in [0.2, 0.25) is 0 Å². The summed E-state index contributed by atoms with van der Waals surface area (Å²) in [6.07, 6.45) is 2.46. The highest BCUT2D eigenvalue weighted by Gasteiger charge is 2.05. The molecule has 1 heterocycles. The van der Waals surface area contributed by atoms with Gasteiger partial charge in [0.25, 0.3) is 0 Å². The number of benzene rings is 1. The van der Waals surface area contributed by atoms with Crippen LogP contribution in [0.15, 0.2) is 18.3 Å². The average Bonchev–Trinajstić information content (AvgIpc) is 2.48. The van der Waals surface area contributed by atoms with E-state index in [0.29, 0.717) is 10.6 Å². The van der Waals surface area contributed by atoms with Crippen LogP contribution >= 0.6 is 11.6 Å². The van der Waals surface area contributed by atoms with Crippen LogP contribution in [-0.4, -0.2) is 16.1 Å². The van der Waals surface area contributed by atoms with E-state index in [2.05, 4.69) is 5.10 Å². The van der Waals surface area contributed by atoms with E-state index in [1.54, 1.807) is 23.0 Å². The maximum Gasteiger partial charge on any atom is 0.150 e. The first-order valence-corrected chi connectivity index (χ1v) is 4.16. The number of carbonyl (C=O) groups excluding carboxylic acids is 1. The summed E-state index contributed by atoms with van der Waals surface area (Å²) in [7, 11) is 1.81. The van der Waals surface area contributed by atoms with Gasteiger partial charge in [-0.3, -0.25) is 9.48 Å². The van der Waals surface area contributed by atoms with Crippen LogP contribution in [0.25, 0.3) is 10.9 Å². The number of carbonyl (C=O) groups is 1. The van der Waals surface area contributed by atoms with Crippen LogP contribution in [0.5, 0.6) is 0 Å². The first-order chi connectivity index (χ1) is 6.22. The van der Waals surface area contributed by atoms with Gasteiger partial charge >= 0.3 is 0 Å². The summed E-state index contributed by atoms with van der Waals surface area (Å²) in [6.45, 7) is 0. The third-order valence-electron chi connectivity index (χ3n) is 1.97. The molecular formula is C9H7ClN2O. The molecule has 1 aromatic heterocycles. The summed E-state index contributed by atoms with van der Waals surface area (Å²) in [5.74, 6) is 0. The van der Waals surface area contributed by atoms with Crippen molar-refractivity contribution in [3.05, 3.63) is 28.9 Å². The molecule has 0 unspecified atom stereocenters. The fraction of sp³-hybridized carbons (Fsp3) is 0.111. The van der Waals surface area contributed by atoms with Crippen molar-refractivity contribution in [3.8, 4) is 0 Å². The molecule has 0 N–H and O–H groups in total. The monoisotopic (exact) mass is 194 g/mol. The SMILES string of the molecule is Cn1ncc2c(Cl)cc(C=O)cc21. The highest BCUT2D eigenvalue weighted by atomic mass is 35.5. The topological polar surface area (TPSA) is 34.9 Å². The summed E-state index contributed by atoms with van der Waals surface area (Å²) < 4.78 is 1.69. The van der Waals surface area contributed by atoms with Crippen molar-refractivity contribution < 1.29 is 4.79 Å². The second kappa shape index (κ2) is 2.85. The lowest BCUT2D eigenvalue weighted by Crippen LogP contribution is -1.90. The fourth-order valence-corrected chi connectivity index (χ4v) is 1.57. The number of aromatic nitrogens is 2. The standard InChI is InChI=1S/C9H7ClN2O/c1-12-9-3-6(5-13)2-8(10)7(9)4-11-12/h2-5H,1H3. The second-order valence-electron chi connectivity index (χ2n) is 2.82. The van der Waals surface area contributed by atoms with Crippen LogP contribution in [0.3, 0.4) is 0 Å². The molecular weight excluding hydrogens is 188 g/mol. The molecule has 0 aliphatic heterocycles. The molecule has 0 bridgehead atoms. The number of hydrogen-bond donors (Lipinski definition) is 0. The molecule has 13 heavy (non-hydrogen) atoms. The zero-order valence-corrected chi connectivity index (χ0v) is 7.75. The molecule has 0 fully saturated rings. The number of aldehydes is 1. The molecule has 0 saturated heterocycles. The molecule has 4 heteroatoms. The lowest BCUT2D eigenvalue weighted by Gasteiger charge is -1.97. The molecule has 0 amide bonds. The number of aryl methyl sites for hydroxylation is 1. The van der Waals surface area contributed by atoms with Gasteiger partial charge in [0.1, 0.15) is 6.29 Å². The van der Waals surface area contributed by atoms with E-state index in [1.807, 2.05) is 7.05 Å². The second-order valence-corrected chi connectivity index (χ2v) is 3.23. The number of hydrogen-bond acceptors (Lipinski definition) is 2. The zero-order chi connectivity index (χ0) is 9.42. The minimum Gasteiger partial charge on any atom is -0.298 e. The van der Waals surface area contributed by atoms with Crippen molar-refractivity contribution in [2.45, 2.75) is 0 Å². The summed E-state index contributed by atoms with van der Waals surface area (Å²) in [4.78, 5) is 10.5. The Morgan fingerprint density at radius 3 is 3.00 bits per heavy atom. The summed E-state index contributed by atoms with van der Waals surface area (Å²) >= 11 is 5.94. The van der Waals surface area contributed by atoms with E-state index >= 15 is 0 Å². The van der Waals surface area contributed by atoms with Gasteiger partial charge in [-0.1, -0.05) is 11.6 Å². The van der Waals surface area contributed by atoms with E-state index in [9.17, 15) is 4.79 Å². The molecule has 1 aromatic carbocycles. The molecule has 2 rings (SSSR count). The Bertz CT molecular complexity index is 476. The third-order valence-corrected chi connectivity index (χ3v) is 2.29. The summed E-state index contributed by atoms with van der Waals surface area (Å²) in [5, 5.41) is 5.48. The Labute approximate surface area is 79.9 Å². The van der Waals surface area contributed by atoms with Gasteiger partial charge in [0.05, 0.1) is 16.7 Å². The Hall–Kier alpha value is -1.35. The first kappa shape index (κ1) is 8.26. The maximum atomic E-state index is 10.5. The van der Waals surface area contributed by atoms with Gasteiger partial charge in [-0.25, -0.2) is 0 Å². The molecule has 0 atom stereocenters. The minimum absolute atomic E-state index is 0.563. The molecule has 0 aliphatic carbocycles. The van der Waals surface area contributed by atoms with Crippen molar-refractivity contribution in [1.29, 1.82) is 0 Å². The van der Waals surface area contributed by atoms with Gasteiger partial charge in [-0.2, -0.15) is 5.10 Å². The minimum atomic E-state index is 0.563. The normalized spacial score (nSPS) is 10.6. The molecule has 2 aromatic rings. The Morgan fingerprint density at radius 2 is 2.31 bits per heavy atom. The molecule has 0 spiro atoms. The summed E-state index contributed by atoms with van der Waals surface area (Å²) in [5.41, 5.74) is 1.44. The van der Waals surface area contributed by atoms with Crippen LogP contribution in [0.1, 0.15) is 10.4 Å². The lowest BCUT2D eigenvalue weighted by molar-refractivity contribution is 0.112. The van der Waals surface area contributed by atoms with Crippen molar-refractivity contribution in [3.63, 3.8) is 0 Å². The van der Waals surface area contributed by atoms with Gasteiger partial charge in [0, 0.05) is 18.0 Å². The molecule has 3 nitrogen and oxygen atoms in total. The maximum absolute atomic E-state index is 10.5. The number of halogens is 1. The van der Waals surface area contributed by atoms with E-state index in [1.165, 1.54) is 0 Å². The van der Waals surface area contributed by atoms with Gasteiger partial charge in [0.15, 0.2) is 0 Å². The van der Waals surface area contributed by atoms with Crippen LogP contribution in [0.2, 0.25) is 5.02 Å². The molecule has 0 aliphatic rings. The van der Waals surface area contributed by atoms with E-state index in [4.69, 9.17) is 11.6 Å². The third kappa shape index (κ3) is 1.21. The van der Waals surface area contributed by atoms with Crippen LogP contribution in [-0.2, 0) is 7.05 Å². The van der Waals surface area contributed by atoms with E-state index in [-0.39, 0.29) is 0 Å². The quantitative estimate of drug-likeness (QED) is 0.652. The number of nitrogens with zero attached hydrogens (tertiary/aromatic N) is 2. The van der Waals surface area contributed by atoms with Gasteiger partial charge < -0.3 is 0 Å². The molecule has 66 valence electrons. The number of fused-ring (bicyclic) bond motifs is 1. The Balaban J connectivity index is 2.87. The predicted octanol–water partition coefficient (Wildman–Crippen LogP) is 2.04. The average molecular weight is 195 g/mol. The predicted molar refractivity (Wildman–Crippen MR) is 51.1 cm³/mol. The van der Waals surface area contributed by atoms with Crippen LogP contribution in [0, 0.1) is 0 Å². The summed E-state index contributed by atoms with van der Waals surface area (Å²) in [6, 6.07) is 3.40. The fourth-order valence-electron chi connectivity index (χ4n) is 1.29. The Morgan fingerprint density at radius 1 is 1.54 bits per heavy atom. The van der Waals surface area contributed by atoms with Crippen LogP contribution in [0.4, 0.5) is 0 Å². The highest BCUT2D eigenvalue weighted by Crippen LogP contribution is 2.23. The van der Waals surface area contributed by atoms with E-state index in [0.717, 1.165) is 17.2 Å². The van der Waals surface area contributed by atoms with E-state index < -0.39 is 0 Å².